The highest BCUT2D eigenvalue weighted by atomic mass is 31.3. The van der Waals surface area contributed by atoms with Crippen molar-refractivity contribution in [1.82, 2.24) is 0 Å². The molecule has 1 unspecified atom stereocenters. The van der Waals surface area contributed by atoms with E-state index in [9.17, 15) is 0 Å². The molecule has 0 radical (unpaired) electrons. The van der Waals surface area contributed by atoms with E-state index in [0.29, 0.717) is 5.16 Å². The Morgan fingerprint density at radius 1 is 1.00 bits per heavy atom. The van der Waals surface area contributed by atoms with E-state index in [-0.39, 0.29) is 0 Å². The van der Waals surface area contributed by atoms with Crippen molar-refractivity contribution in [3.05, 3.63) is 0 Å². The second kappa shape index (κ2) is 2.71. The second-order valence-corrected chi connectivity index (χ2v) is 16.1. The first kappa shape index (κ1) is 9.65. The maximum atomic E-state index is 2.44. The highest BCUT2D eigenvalue weighted by molar-refractivity contribution is 7.82. The minimum absolute atomic E-state index is 0.574. The lowest BCUT2D eigenvalue weighted by atomic mass is 10.3. The highest BCUT2D eigenvalue weighted by Gasteiger charge is 2.21. The lowest BCUT2D eigenvalue weighted by molar-refractivity contribution is 0.800. The topological polar surface area (TPSA) is 0 Å². The summed E-state index contributed by atoms with van der Waals surface area (Å²) in [5, 5.41) is 0.574. The molecule has 0 aromatic carbocycles. The fourth-order valence-corrected chi connectivity index (χ4v) is 10.1. The summed E-state index contributed by atoms with van der Waals surface area (Å²) in [6.45, 7) is 14.3. The molecule has 0 aliphatic rings. The van der Waals surface area contributed by atoms with E-state index in [1.807, 2.05) is 0 Å². The lowest BCUT2D eigenvalue weighted by Gasteiger charge is -2.27. The Labute approximate surface area is 62.1 Å². The third kappa shape index (κ3) is 8.65. The van der Waals surface area contributed by atoms with Gasteiger partial charge in [-0.1, -0.05) is 40.4 Å². The molecule has 0 fully saturated rings. The van der Waals surface area contributed by atoms with Gasteiger partial charge < -0.3 is 0 Å². The molecule has 56 valence electrons. The molecule has 0 saturated heterocycles. The molecule has 9 heavy (non-hydrogen) atoms. The van der Waals surface area contributed by atoms with Crippen molar-refractivity contribution >= 4 is 15.9 Å². The first-order chi connectivity index (χ1) is 3.71. The van der Waals surface area contributed by atoms with Crippen LogP contribution in [-0.4, -0.2) is 12.9 Å². The highest BCUT2D eigenvalue weighted by Crippen LogP contribution is 2.39. The predicted molar refractivity (Wildman–Crippen MR) is 51.4 cm³/mol. The fourth-order valence-electron chi connectivity index (χ4n) is 1.12. The van der Waals surface area contributed by atoms with E-state index in [1.165, 1.54) is 8.13 Å². The fraction of sp³-hybridized carbons (Fsp3) is 1.00. The van der Waals surface area contributed by atoms with Crippen LogP contribution in [0.5, 0.6) is 0 Å². The van der Waals surface area contributed by atoms with Crippen LogP contribution in [0.4, 0.5) is 0 Å². The van der Waals surface area contributed by atoms with Gasteiger partial charge in [-0.3, -0.25) is 0 Å². The van der Waals surface area contributed by atoms with E-state index < -0.39 is 7.74 Å². The summed E-state index contributed by atoms with van der Waals surface area (Å²) in [5.74, 6) is 0. The Balaban J connectivity index is 3.75. The maximum absolute atomic E-state index is 2.44. The molecule has 0 aliphatic heterocycles. The van der Waals surface area contributed by atoms with Gasteiger partial charge in [-0.25, -0.2) is 0 Å². The van der Waals surface area contributed by atoms with Gasteiger partial charge in [0.1, 0.15) is 0 Å². The quantitative estimate of drug-likeness (QED) is 0.410. The Hall–Kier alpha value is 0.647. The van der Waals surface area contributed by atoms with Crippen LogP contribution in [0, 0.1) is 0 Å². The molecular weight excluding hydrogens is 143 g/mol. The molecule has 0 saturated carbocycles. The minimum Gasteiger partial charge on any atom is -0.128 e. The minimum atomic E-state index is -0.765. The van der Waals surface area contributed by atoms with Crippen LogP contribution in [0.25, 0.3) is 0 Å². The van der Waals surface area contributed by atoms with Gasteiger partial charge in [-0.2, -0.15) is 0 Å². The van der Waals surface area contributed by atoms with Gasteiger partial charge >= 0.3 is 0 Å². The van der Waals surface area contributed by atoms with Crippen LogP contribution in [0.15, 0.2) is 0 Å². The summed E-state index contributed by atoms with van der Waals surface area (Å²) in [5.41, 5.74) is 0. The zero-order valence-electron chi connectivity index (χ0n) is 7.50. The van der Waals surface area contributed by atoms with Crippen LogP contribution < -0.4 is 0 Å². The summed E-state index contributed by atoms with van der Waals surface area (Å²) in [4.78, 5) is 0. The standard InChI is InChI=1S/C7H19PSi/c1-7(2,3)8-9(4,5)6/h8H,1-6H3. The second-order valence-electron chi connectivity index (χ2n) is 4.62. The molecular formula is C7H19PSi. The van der Waals surface area contributed by atoms with Gasteiger partial charge in [-0.15, -0.1) is 8.13 Å². The predicted octanol–water partition coefficient (Wildman–Crippen LogP) is 3.30. The number of hydrogen-bond acceptors (Lipinski definition) is 0. The number of hydrogen-bond donors (Lipinski definition) is 0. The molecule has 0 aromatic rings. The van der Waals surface area contributed by atoms with Crippen LogP contribution in [0.3, 0.4) is 0 Å². The van der Waals surface area contributed by atoms with Crippen molar-refractivity contribution < 1.29 is 0 Å². The Morgan fingerprint density at radius 3 is 1.33 bits per heavy atom. The largest absolute Gasteiger partial charge is 0.128 e. The van der Waals surface area contributed by atoms with Crippen LogP contribution in [-0.2, 0) is 0 Å². The zero-order chi connectivity index (χ0) is 7.71. The molecule has 0 aliphatic carbocycles. The van der Waals surface area contributed by atoms with E-state index in [2.05, 4.69) is 40.4 Å². The van der Waals surface area contributed by atoms with Crippen molar-refractivity contribution in [2.75, 3.05) is 0 Å². The molecule has 0 nitrogen and oxygen atoms in total. The molecule has 0 N–H and O–H groups in total. The Bertz CT molecular complexity index is 74.1. The normalized spacial score (nSPS) is 15.3. The Morgan fingerprint density at radius 2 is 1.33 bits per heavy atom. The zero-order valence-corrected chi connectivity index (χ0v) is 9.50. The van der Waals surface area contributed by atoms with Crippen LogP contribution in [0.2, 0.25) is 19.6 Å². The average Bonchev–Trinajstić information content (AvgIpc) is 1.14. The summed E-state index contributed by atoms with van der Waals surface area (Å²) in [6, 6.07) is 0. The van der Waals surface area contributed by atoms with E-state index in [4.69, 9.17) is 0 Å². The molecule has 0 heterocycles. The average molecular weight is 162 g/mol. The van der Waals surface area contributed by atoms with E-state index in [1.54, 1.807) is 0 Å². The van der Waals surface area contributed by atoms with Gasteiger partial charge in [0, 0.05) is 0 Å². The van der Waals surface area contributed by atoms with Crippen molar-refractivity contribution in [3.63, 3.8) is 0 Å². The summed E-state index contributed by atoms with van der Waals surface area (Å²) >= 11 is 0. The van der Waals surface area contributed by atoms with Crippen LogP contribution >= 0.6 is 8.13 Å². The summed E-state index contributed by atoms with van der Waals surface area (Å²) < 4.78 is 0. The molecule has 0 amide bonds. The van der Waals surface area contributed by atoms with Crippen molar-refractivity contribution in [2.45, 2.75) is 45.6 Å². The molecule has 0 spiro atoms. The van der Waals surface area contributed by atoms with Crippen molar-refractivity contribution in [1.29, 1.82) is 0 Å². The maximum Gasteiger partial charge on any atom is 0.0691 e. The van der Waals surface area contributed by atoms with Gasteiger partial charge in [0.05, 0.1) is 7.74 Å². The van der Waals surface area contributed by atoms with Gasteiger partial charge in [0.15, 0.2) is 0 Å². The lowest BCUT2D eigenvalue weighted by Crippen LogP contribution is -2.21. The van der Waals surface area contributed by atoms with E-state index >= 15 is 0 Å². The molecule has 0 bridgehead atoms. The van der Waals surface area contributed by atoms with Crippen molar-refractivity contribution in [2.24, 2.45) is 0 Å². The van der Waals surface area contributed by atoms with Gasteiger partial charge in [0.2, 0.25) is 0 Å². The monoisotopic (exact) mass is 162 g/mol. The molecule has 0 aromatic heterocycles. The third-order valence-corrected chi connectivity index (χ3v) is 6.75. The Kier molecular flexibility index (Phi) is 2.91. The molecule has 2 heteroatoms. The smallest absolute Gasteiger partial charge is 0.0691 e. The van der Waals surface area contributed by atoms with Crippen LogP contribution in [0.1, 0.15) is 20.8 Å². The third-order valence-electron chi connectivity index (χ3n) is 0.750. The molecule has 0 rings (SSSR count). The van der Waals surface area contributed by atoms with Gasteiger partial charge in [-0.05, 0) is 5.16 Å². The van der Waals surface area contributed by atoms with Gasteiger partial charge in [0.25, 0.3) is 0 Å². The molecule has 1 atom stereocenters. The van der Waals surface area contributed by atoms with Crippen molar-refractivity contribution in [3.8, 4) is 0 Å². The number of rotatable bonds is 1. The first-order valence-corrected chi connectivity index (χ1v) is 9.00. The van der Waals surface area contributed by atoms with E-state index in [0.717, 1.165) is 0 Å². The summed E-state index contributed by atoms with van der Waals surface area (Å²) in [7, 11) is 0.425. The SMILES string of the molecule is CC(C)(C)P[Si](C)(C)C. The first-order valence-electron chi connectivity index (χ1n) is 3.50. The summed E-state index contributed by atoms with van der Waals surface area (Å²) in [6.07, 6.45) is 0.